The van der Waals surface area contributed by atoms with Gasteiger partial charge in [-0.2, -0.15) is 0 Å². The molecule has 3 rings (SSSR count). The van der Waals surface area contributed by atoms with Gasteiger partial charge in [0.2, 0.25) is 11.8 Å². The number of nitrogens with zero attached hydrogens (tertiary/aromatic N) is 3. The monoisotopic (exact) mass is 412 g/mol. The van der Waals surface area contributed by atoms with Crippen LogP contribution in [0.1, 0.15) is 32.3 Å². The van der Waals surface area contributed by atoms with Crippen molar-refractivity contribution in [2.45, 2.75) is 37.2 Å². The topological polar surface area (TPSA) is 111 Å². The maximum Gasteiger partial charge on any atom is 0.277 e. The van der Waals surface area contributed by atoms with Gasteiger partial charge in [-0.25, -0.2) is 0 Å². The Morgan fingerprint density at radius 3 is 2.62 bits per heavy atom. The first-order valence-corrected chi connectivity index (χ1v) is 9.88. The van der Waals surface area contributed by atoms with Crippen LogP contribution in [0.4, 0.5) is 11.4 Å². The number of nitro benzene ring substituents is 1. The molecule has 1 amide bonds. The quantitative estimate of drug-likeness (QED) is 0.334. The second kappa shape index (κ2) is 8.87. The maximum atomic E-state index is 12.6. The van der Waals surface area contributed by atoms with E-state index in [1.165, 1.54) is 12.1 Å². The normalized spacial score (nSPS) is 12.0. The number of thioether (sulfide) groups is 1. The van der Waals surface area contributed by atoms with Crippen LogP contribution in [-0.4, -0.2) is 26.3 Å². The summed E-state index contributed by atoms with van der Waals surface area (Å²) in [6.45, 7) is 5.88. The number of amides is 1. The van der Waals surface area contributed by atoms with Gasteiger partial charge in [-0.05, 0) is 30.5 Å². The molecule has 0 radical (unpaired) electrons. The van der Waals surface area contributed by atoms with E-state index in [0.717, 1.165) is 23.0 Å². The average molecular weight is 412 g/mol. The molecular formula is C20H20N4O4S. The summed E-state index contributed by atoms with van der Waals surface area (Å²) in [5.41, 5.74) is 2.22. The van der Waals surface area contributed by atoms with Crippen LogP contribution in [0.15, 0.2) is 58.2 Å². The first kappa shape index (κ1) is 20.5. The van der Waals surface area contributed by atoms with Crippen LogP contribution in [0.3, 0.4) is 0 Å². The first-order chi connectivity index (χ1) is 13.8. The summed E-state index contributed by atoms with van der Waals surface area (Å²) >= 11 is 1.12. The minimum atomic E-state index is -0.489. The highest BCUT2D eigenvalue weighted by Gasteiger charge is 2.20. The predicted molar refractivity (Wildman–Crippen MR) is 111 cm³/mol. The summed E-state index contributed by atoms with van der Waals surface area (Å²) in [7, 11) is 0. The van der Waals surface area contributed by atoms with E-state index in [2.05, 4.69) is 29.4 Å². The summed E-state index contributed by atoms with van der Waals surface area (Å²) in [6, 6.07) is 13.6. The molecular weight excluding hydrogens is 392 g/mol. The van der Waals surface area contributed by atoms with Gasteiger partial charge in [0.25, 0.3) is 10.9 Å². The minimum absolute atomic E-state index is 0.0635. The molecule has 0 aliphatic rings. The Morgan fingerprint density at radius 1 is 1.14 bits per heavy atom. The predicted octanol–water partition coefficient (Wildman–Crippen LogP) is 4.89. The van der Waals surface area contributed by atoms with E-state index in [0.29, 0.717) is 5.56 Å². The molecule has 0 saturated heterocycles. The van der Waals surface area contributed by atoms with Crippen molar-refractivity contribution in [1.29, 1.82) is 0 Å². The van der Waals surface area contributed by atoms with Crippen molar-refractivity contribution in [3.63, 3.8) is 0 Å². The molecule has 8 nitrogen and oxygen atoms in total. The van der Waals surface area contributed by atoms with E-state index in [1.807, 2.05) is 24.3 Å². The minimum Gasteiger partial charge on any atom is -0.411 e. The Bertz CT molecular complexity index is 1030. The molecule has 0 fully saturated rings. The van der Waals surface area contributed by atoms with Crippen molar-refractivity contribution in [3.8, 4) is 11.5 Å². The number of aromatic nitrogens is 2. The number of benzene rings is 2. The van der Waals surface area contributed by atoms with Gasteiger partial charge in [0.05, 0.1) is 10.2 Å². The molecule has 1 aromatic heterocycles. The number of hydrogen-bond donors (Lipinski definition) is 1. The van der Waals surface area contributed by atoms with Gasteiger partial charge >= 0.3 is 0 Å². The van der Waals surface area contributed by atoms with Gasteiger partial charge in [0, 0.05) is 23.4 Å². The van der Waals surface area contributed by atoms with Gasteiger partial charge in [-0.3, -0.25) is 14.9 Å². The Balaban J connectivity index is 1.69. The van der Waals surface area contributed by atoms with E-state index in [9.17, 15) is 14.9 Å². The zero-order valence-corrected chi connectivity index (χ0v) is 17.0. The molecule has 1 atom stereocenters. The van der Waals surface area contributed by atoms with E-state index in [4.69, 9.17) is 4.42 Å². The van der Waals surface area contributed by atoms with Crippen molar-refractivity contribution in [2.24, 2.45) is 0 Å². The SMILES string of the molecule is CC(C)c1ccccc1NC(=O)[C@H](C)Sc1nnc(-c2cccc([N+](=O)[O-])c2)o1. The number of hydrogen-bond acceptors (Lipinski definition) is 7. The third-order valence-electron chi connectivity index (χ3n) is 4.20. The van der Waals surface area contributed by atoms with Gasteiger partial charge in [-0.1, -0.05) is 49.9 Å². The number of carbonyl (C=O) groups is 1. The van der Waals surface area contributed by atoms with Crippen LogP contribution in [-0.2, 0) is 4.79 Å². The van der Waals surface area contributed by atoms with Crippen molar-refractivity contribution >= 4 is 29.0 Å². The van der Waals surface area contributed by atoms with Crippen molar-refractivity contribution in [3.05, 3.63) is 64.2 Å². The summed E-state index contributed by atoms with van der Waals surface area (Å²) in [6.07, 6.45) is 0. The number of nitrogens with one attached hydrogen (secondary N) is 1. The van der Waals surface area contributed by atoms with Crippen molar-refractivity contribution in [2.75, 3.05) is 5.32 Å². The highest BCUT2D eigenvalue weighted by atomic mass is 32.2. The molecule has 29 heavy (non-hydrogen) atoms. The number of non-ortho nitro benzene ring substituents is 1. The Labute approximate surface area is 171 Å². The highest BCUT2D eigenvalue weighted by Crippen LogP contribution is 2.29. The van der Waals surface area contributed by atoms with Gasteiger partial charge in [-0.15, -0.1) is 10.2 Å². The standard InChI is InChI=1S/C20H20N4O4S/c1-12(2)16-9-4-5-10-17(16)21-18(25)13(3)29-20-23-22-19(28-20)14-7-6-8-15(11-14)24(26)27/h4-13H,1-3H3,(H,21,25)/t13-/m0/s1. The fourth-order valence-electron chi connectivity index (χ4n) is 2.68. The zero-order chi connectivity index (χ0) is 21.0. The number of para-hydroxylation sites is 1. The molecule has 9 heteroatoms. The molecule has 0 bridgehead atoms. The van der Waals surface area contributed by atoms with Crippen LogP contribution in [0, 0.1) is 10.1 Å². The van der Waals surface area contributed by atoms with Crippen LogP contribution in [0.5, 0.6) is 0 Å². The van der Waals surface area contributed by atoms with E-state index < -0.39 is 10.2 Å². The highest BCUT2D eigenvalue weighted by molar-refractivity contribution is 8.00. The van der Waals surface area contributed by atoms with Gasteiger partial charge in [0.1, 0.15) is 0 Å². The summed E-state index contributed by atoms with van der Waals surface area (Å²) in [5.74, 6) is 0.259. The third-order valence-corrected chi connectivity index (χ3v) is 5.13. The number of nitro groups is 1. The fraction of sp³-hybridized carbons (Fsp3) is 0.250. The fourth-order valence-corrected chi connectivity index (χ4v) is 3.36. The zero-order valence-electron chi connectivity index (χ0n) is 16.2. The molecule has 1 heterocycles. The van der Waals surface area contributed by atoms with Crippen LogP contribution < -0.4 is 5.32 Å². The summed E-state index contributed by atoms with van der Waals surface area (Å²) < 4.78 is 5.58. The molecule has 0 aliphatic carbocycles. The number of rotatable bonds is 7. The Kier molecular flexibility index (Phi) is 6.28. The number of anilines is 1. The lowest BCUT2D eigenvalue weighted by Crippen LogP contribution is -2.23. The van der Waals surface area contributed by atoms with Crippen molar-refractivity contribution in [1.82, 2.24) is 10.2 Å². The molecule has 0 unspecified atom stereocenters. The number of carbonyl (C=O) groups excluding carboxylic acids is 1. The molecule has 1 N–H and O–H groups in total. The van der Waals surface area contributed by atoms with Crippen LogP contribution in [0.25, 0.3) is 11.5 Å². The molecule has 150 valence electrons. The van der Waals surface area contributed by atoms with E-state index in [1.54, 1.807) is 19.1 Å². The Morgan fingerprint density at radius 2 is 1.90 bits per heavy atom. The lowest BCUT2D eigenvalue weighted by Gasteiger charge is -2.15. The maximum absolute atomic E-state index is 12.6. The third kappa shape index (κ3) is 5.00. The van der Waals surface area contributed by atoms with E-state index >= 15 is 0 Å². The Hall–Kier alpha value is -3.20. The second-order valence-electron chi connectivity index (χ2n) is 6.67. The summed E-state index contributed by atoms with van der Waals surface area (Å²) in [5, 5.41) is 21.5. The lowest BCUT2D eigenvalue weighted by molar-refractivity contribution is -0.384. The molecule has 3 aromatic rings. The van der Waals surface area contributed by atoms with Gasteiger partial charge in [0.15, 0.2) is 0 Å². The van der Waals surface area contributed by atoms with Gasteiger partial charge < -0.3 is 9.73 Å². The largest absolute Gasteiger partial charge is 0.411 e. The van der Waals surface area contributed by atoms with E-state index in [-0.39, 0.29) is 28.6 Å². The molecule has 0 saturated carbocycles. The second-order valence-corrected chi connectivity index (χ2v) is 7.96. The molecule has 2 aromatic carbocycles. The average Bonchev–Trinajstić information content (AvgIpc) is 3.16. The van der Waals surface area contributed by atoms with Crippen molar-refractivity contribution < 1.29 is 14.1 Å². The molecule has 0 aliphatic heterocycles. The molecule has 0 spiro atoms. The summed E-state index contributed by atoms with van der Waals surface area (Å²) in [4.78, 5) is 23.0. The van der Waals surface area contributed by atoms with Crippen LogP contribution in [0.2, 0.25) is 0 Å². The van der Waals surface area contributed by atoms with Crippen LogP contribution >= 0.6 is 11.8 Å². The first-order valence-electron chi connectivity index (χ1n) is 9.00. The smallest absolute Gasteiger partial charge is 0.277 e. The lowest BCUT2D eigenvalue weighted by atomic mass is 10.0.